The predicted octanol–water partition coefficient (Wildman–Crippen LogP) is 2.22. The molecule has 0 fully saturated rings. The molecule has 3 nitrogen and oxygen atoms in total. The molecule has 0 saturated carbocycles. The van der Waals surface area contributed by atoms with Gasteiger partial charge in [-0.25, -0.2) is 5.43 Å². The maximum Gasteiger partial charge on any atom is 0.0991 e. The lowest BCUT2D eigenvalue weighted by Crippen LogP contribution is -2.47. The molecule has 0 saturated heterocycles. The molecule has 0 amide bonds. The quantitative estimate of drug-likeness (QED) is 0.814. The standard InChI is InChI=1S/C14H17N3/c1-3-14(8-11(2)17-16-10-14)13-6-4-5-12(7-13)9-15/h4-8,16-17H,3,10H2,1-2H3. The molecule has 0 bridgehead atoms. The van der Waals surface area contributed by atoms with Gasteiger partial charge in [0.05, 0.1) is 11.6 Å². The highest BCUT2D eigenvalue weighted by Crippen LogP contribution is 2.31. The van der Waals surface area contributed by atoms with Crippen molar-refractivity contribution >= 4 is 0 Å². The van der Waals surface area contributed by atoms with E-state index >= 15 is 0 Å². The first-order valence-corrected chi connectivity index (χ1v) is 5.89. The highest BCUT2D eigenvalue weighted by molar-refractivity contribution is 5.40. The minimum absolute atomic E-state index is 0.0117. The fraction of sp³-hybridized carbons (Fsp3) is 0.357. The molecule has 1 aliphatic heterocycles. The Hall–Kier alpha value is -1.79. The van der Waals surface area contributed by atoms with Crippen LogP contribution < -0.4 is 10.9 Å². The van der Waals surface area contributed by atoms with Crippen LogP contribution in [0.1, 0.15) is 31.4 Å². The first kappa shape index (κ1) is 11.7. The fourth-order valence-corrected chi connectivity index (χ4v) is 2.36. The zero-order chi connectivity index (χ0) is 12.3. The van der Waals surface area contributed by atoms with Crippen molar-refractivity contribution in [2.24, 2.45) is 0 Å². The molecule has 1 unspecified atom stereocenters. The van der Waals surface area contributed by atoms with Gasteiger partial charge < -0.3 is 5.43 Å². The zero-order valence-corrected chi connectivity index (χ0v) is 10.2. The molecule has 0 aromatic heterocycles. The number of hydrogen-bond acceptors (Lipinski definition) is 3. The van der Waals surface area contributed by atoms with Crippen molar-refractivity contribution in [2.75, 3.05) is 6.54 Å². The molecule has 17 heavy (non-hydrogen) atoms. The molecule has 0 radical (unpaired) electrons. The normalized spacial score (nSPS) is 23.5. The van der Waals surface area contributed by atoms with Crippen molar-refractivity contribution in [1.29, 1.82) is 5.26 Å². The van der Waals surface area contributed by atoms with Crippen LogP contribution in [0.4, 0.5) is 0 Å². The Labute approximate surface area is 102 Å². The third kappa shape index (κ3) is 2.17. The Balaban J connectivity index is 2.48. The molecule has 3 heteroatoms. The van der Waals surface area contributed by atoms with Crippen LogP contribution in [-0.4, -0.2) is 6.54 Å². The average molecular weight is 227 g/mol. The second-order valence-electron chi connectivity index (χ2n) is 4.51. The topological polar surface area (TPSA) is 47.9 Å². The molecule has 0 aliphatic carbocycles. The Morgan fingerprint density at radius 1 is 1.47 bits per heavy atom. The van der Waals surface area contributed by atoms with Crippen LogP contribution >= 0.6 is 0 Å². The first-order valence-electron chi connectivity index (χ1n) is 5.89. The lowest BCUT2D eigenvalue weighted by Gasteiger charge is -2.35. The van der Waals surface area contributed by atoms with Gasteiger partial charge in [0, 0.05) is 17.7 Å². The van der Waals surface area contributed by atoms with Gasteiger partial charge in [-0.05, 0) is 31.0 Å². The van der Waals surface area contributed by atoms with Crippen LogP contribution in [0.5, 0.6) is 0 Å². The Morgan fingerprint density at radius 3 is 2.94 bits per heavy atom. The number of nitrogens with one attached hydrogen (secondary N) is 2. The van der Waals surface area contributed by atoms with E-state index in [-0.39, 0.29) is 5.41 Å². The van der Waals surface area contributed by atoms with Gasteiger partial charge in [0.25, 0.3) is 0 Å². The smallest absolute Gasteiger partial charge is 0.0991 e. The maximum absolute atomic E-state index is 8.98. The van der Waals surface area contributed by atoms with E-state index < -0.39 is 0 Å². The zero-order valence-electron chi connectivity index (χ0n) is 10.2. The van der Waals surface area contributed by atoms with Crippen molar-refractivity contribution in [3.8, 4) is 6.07 Å². The van der Waals surface area contributed by atoms with Crippen LogP contribution in [0, 0.1) is 11.3 Å². The van der Waals surface area contributed by atoms with E-state index in [0.29, 0.717) is 0 Å². The summed E-state index contributed by atoms with van der Waals surface area (Å²) in [7, 11) is 0. The van der Waals surface area contributed by atoms with Crippen molar-refractivity contribution in [3.05, 3.63) is 47.2 Å². The number of nitrogens with zero attached hydrogens (tertiary/aromatic N) is 1. The Morgan fingerprint density at radius 2 is 2.29 bits per heavy atom. The van der Waals surface area contributed by atoms with Crippen LogP contribution in [0.25, 0.3) is 0 Å². The number of allylic oxidation sites excluding steroid dienone is 1. The lowest BCUT2D eigenvalue weighted by molar-refractivity contribution is 0.405. The summed E-state index contributed by atoms with van der Waals surface area (Å²) in [5.74, 6) is 0. The summed E-state index contributed by atoms with van der Waals surface area (Å²) in [6.07, 6.45) is 3.26. The van der Waals surface area contributed by atoms with Gasteiger partial charge in [0.1, 0.15) is 0 Å². The molecule has 88 valence electrons. The molecular formula is C14H17N3. The van der Waals surface area contributed by atoms with E-state index in [1.165, 1.54) is 5.56 Å². The second-order valence-corrected chi connectivity index (χ2v) is 4.51. The summed E-state index contributed by atoms with van der Waals surface area (Å²) in [6.45, 7) is 5.07. The number of hydrogen-bond donors (Lipinski definition) is 2. The van der Waals surface area contributed by atoms with Gasteiger partial charge >= 0.3 is 0 Å². The van der Waals surface area contributed by atoms with Crippen LogP contribution in [0.15, 0.2) is 36.0 Å². The van der Waals surface area contributed by atoms with Gasteiger partial charge in [0.15, 0.2) is 0 Å². The first-order chi connectivity index (χ1) is 8.20. The molecular weight excluding hydrogens is 210 g/mol. The predicted molar refractivity (Wildman–Crippen MR) is 68.0 cm³/mol. The Kier molecular flexibility index (Phi) is 3.16. The number of nitriles is 1. The summed E-state index contributed by atoms with van der Waals surface area (Å²) >= 11 is 0. The van der Waals surface area contributed by atoms with Crippen LogP contribution in [0.2, 0.25) is 0 Å². The molecule has 1 aliphatic rings. The van der Waals surface area contributed by atoms with Crippen molar-refractivity contribution < 1.29 is 0 Å². The molecule has 1 heterocycles. The number of benzene rings is 1. The van der Waals surface area contributed by atoms with E-state index in [1.807, 2.05) is 25.1 Å². The maximum atomic E-state index is 8.98. The lowest BCUT2D eigenvalue weighted by atomic mass is 9.76. The van der Waals surface area contributed by atoms with Crippen LogP contribution in [-0.2, 0) is 5.41 Å². The summed E-state index contributed by atoms with van der Waals surface area (Å²) in [4.78, 5) is 0. The van der Waals surface area contributed by atoms with Crippen molar-refractivity contribution in [1.82, 2.24) is 10.9 Å². The van der Waals surface area contributed by atoms with E-state index in [9.17, 15) is 0 Å². The van der Waals surface area contributed by atoms with Gasteiger partial charge in [-0.15, -0.1) is 0 Å². The Bertz CT molecular complexity index is 484. The highest BCUT2D eigenvalue weighted by atomic mass is 15.4. The number of rotatable bonds is 2. The molecule has 1 atom stereocenters. The minimum Gasteiger partial charge on any atom is -0.326 e. The third-order valence-corrected chi connectivity index (χ3v) is 3.38. The summed E-state index contributed by atoms with van der Waals surface area (Å²) < 4.78 is 0. The van der Waals surface area contributed by atoms with Gasteiger partial charge in [0.2, 0.25) is 0 Å². The minimum atomic E-state index is -0.0117. The van der Waals surface area contributed by atoms with E-state index in [2.05, 4.69) is 36.0 Å². The van der Waals surface area contributed by atoms with Crippen molar-refractivity contribution in [2.45, 2.75) is 25.7 Å². The molecule has 2 N–H and O–H groups in total. The average Bonchev–Trinajstić information content (AvgIpc) is 2.38. The second kappa shape index (κ2) is 4.60. The largest absolute Gasteiger partial charge is 0.326 e. The van der Waals surface area contributed by atoms with Gasteiger partial charge in [-0.2, -0.15) is 5.26 Å². The third-order valence-electron chi connectivity index (χ3n) is 3.38. The number of hydrazine groups is 1. The molecule has 2 rings (SSSR count). The van der Waals surface area contributed by atoms with E-state index in [4.69, 9.17) is 5.26 Å². The summed E-state index contributed by atoms with van der Waals surface area (Å²) in [5, 5.41) is 8.98. The SMILES string of the molecule is CCC1(c2cccc(C#N)c2)C=C(C)NNC1. The molecule has 0 spiro atoms. The monoisotopic (exact) mass is 227 g/mol. The van der Waals surface area contributed by atoms with Crippen LogP contribution in [0.3, 0.4) is 0 Å². The van der Waals surface area contributed by atoms with Crippen molar-refractivity contribution in [3.63, 3.8) is 0 Å². The fourth-order valence-electron chi connectivity index (χ4n) is 2.36. The van der Waals surface area contributed by atoms with E-state index in [0.717, 1.165) is 24.2 Å². The van der Waals surface area contributed by atoms with Gasteiger partial charge in [-0.3, -0.25) is 0 Å². The van der Waals surface area contributed by atoms with Gasteiger partial charge in [-0.1, -0.05) is 25.1 Å². The summed E-state index contributed by atoms with van der Waals surface area (Å²) in [5.41, 5.74) is 9.36. The summed E-state index contributed by atoms with van der Waals surface area (Å²) in [6, 6.07) is 10.1. The molecule has 1 aromatic carbocycles. The van der Waals surface area contributed by atoms with E-state index in [1.54, 1.807) is 0 Å². The highest BCUT2D eigenvalue weighted by Gasteiger charge is 2.30. The molecule has 1 aromatic rings.